The van der Waals surface area contributed by atoms with E-state index in [4.69, 9.17) is 5.73 Å². The predicted molar refractivity (Wildman–Crippen MR) is 75.5 cm³/mol. The summed E-state index contributed by atoms with van der Waals surface area (Å²) < 4.78 is 0. The first-order valence-corrected chi connectivity index (χ1v) is 6.38. The first kappa shape index (κ1) is 15.0. The summed E-state index contributed by atoms with van der Waals surface area (Å²) in [5.41, 5.74) is 7.17. The standard InChI is InChI=1S/C14H21N3O2/c1-3-8-16-13(18)10-17(2)14(19)9-11-6-4-5-7-12(11)15/h4-7H,3,8-10,15H2,1-2H3,(H,16,18). The molecule has 1 rings (SSSR count). The van der Waals surface area contributed by atoms with E-state index in [-0.39, 0.29) is 24.8 Å². The average molecular weight is 263 g/mol. The summed E-state index contributed by atoms with van der Waals surface area (Å²) >= 11 is 0. The van der Waals surface area contributed by atoms with E-state index in [0.29, 0.717) is 12.2 Å². The number of hydrogen-bond acceptors (Lipinski definition) is 3. The Kier molecular flexibility index (Phi) is 5.85. The van der Waals surface area contributed by atoms with Gasteiger partial charge in [-0.25, -0.2) is 0 Å². The van der Waals surface area contributed by atoms with Crippen molar-refractivity contribution in [1.82, 2.24) is 10.2 Å². The second-order valence-electron chi connectivity index (χ2n) is 4.48. The second-order valence-corrected chi connectivity index (χ2v) is 4.48. The number of likely N-dealkylation sites (N-methyl/N-ethyl adjacent to an activating group) is 1. The molecule has 0 aromatic heterocycles. The molecule has 0 aliphatic heterocycles. The van der Waals surface area contributed by atoms with Gasteiger partial charge < -0.3 is 16.0 Å². The van der Waals surface area contributed by atoms with Crippen molar-refractivity contribution in [3.05, 3.63) is 29.8 Å². The van der Waals surface area contributed by atoms with Gasteiger partial charge in [0.05, 0.1) is 13.0 Å². The number of amides is 2. The molecule has 1 aromatic carbocycles. The van der Waals surface area contributed by atoms with Gasteiger partial charge in [0.1, 0.15) is 0 Å². The normalized spacial score (nSPS) is 10.0. The van der Waals surface area contributed by atoms with Crippen LogP contribution in [0.3, 0.4) is 0 Å². The van der Waals surface area contributed by atoms with Crippen LogP contribution in [0.2, 0.25) is 0 Å². The molecule has 0 saturated heterocycles. The molecule has 0 bridgehead atoms. The number of anilines is 1. The molecule has 0 heterocycles. The summed E-state index contributed by atoms with van der Waals surface area (Å²) in [4.78, 5) is 24.9. The lowest BCUT2D eigenvalue weighted by Crippen LogP contribution is -2.39. The molecule has 0 spiro atoms. The number of rotatable bonds is 6. The molecule has 104 valence electrons. The fourth-order valence-corrected chi connectivity index (χ4v) is 1.62. The van der Waals surface area contributed by atoms with Crippen LogP contribution in [-0.2, 0) is 16.0 Å². The molecule has 19 heavy (non-hydrogen) atoms. The molecule has 0 aliphatic carbocycles. The van der Waals surface area contributed by atoms with Crippen LogP contribution in [-0.4, -0.2) is 36.9 Å². The molecule has 5 heteroatoms. The summed E-state index contributed by atoms with van der Waals surface area (Å²) in [6.45, 7) is 2.69. The van der Waals surface area contributed by atoms with Gasteiger partial charge in [-0.2, -0.15) is 0 Å². The van der Waals surface area contributed by atoms with E-state index in [1.165, 1.54) is 4.90 Å². The van der Waals surface area contributed by atoms with Gasteiger partial charge in [0.25, 0.3) is 0 Å². The SMILES string of the molecule is CCCNC(=O)CN(C)C(=O)Cc1ccccc1N. The Hall–Kier alpha value is -2.04. The number of benzene rings is 1. The number of nitrogens with zero attached hydrogens (tertiary/aromatic N) is 1. The molecule has 2 amide bonds. The number of carbonyl (C=O) groups excluding carboxylic acids is 2. The molecule has 1 aromatic rings. The van der Waals surface area contributed by atoms with E-state index < -0.39 is 0 Å². The summed E-state index contributed by atoms with van der Waals surface area (Å²) in [7, 11) is 1.62. The topological polar surface area (TPSA) is 75.4 Å². The fraction of sp³-hybridized carbons (Fsp3) is 0.429. The Labute approximate surface area is 113 Å². The lowest BCUT2D eigenvalue weighted by Gasteiger charge is -2.17. The molecule has 0 radical (unpaired) electrons. The highest BCUT2D eigenvalue weighted by atomic mass is 16.2. The van der Waals surface area contributed by atoms with Crippen LogP contribution in [0.4, 0.5) is 5.69 Å². The van der Waals surface area contributed by atoms with Crippen molar-refractivity contribution < 1.29 is 9.59 Å². The maximum absolute atomic E-state index is 12.0. The quantitative estimate of drug-likeness (QED) is 0.745. The first-order valence-electron chi connectivity index (χ1n) is 6.38. The third kappa shape index (κ3) is 4.99. The maximum Gasteiger partial charge on any atom is 0.239 e. The largest absolute Gasteiger partial charge is 0.398 e. The van der Waals surface area contributed by atoms with Crippen molar-refractivity contribution in [2.24, 2.45) is 0 Å². The van der Waals surface area contributed by atoms with Crippen LogP contribution < -0.4 is 11.1 Å². The minimum atomic E-state index is -0.140. The lowest BCUT2D eigenvalue weighted by atomic mass is 10.1. The highest BCUT2D eigenvalue weighted by Crippen LogP contribution is 2.11. The van der Waals surface area contributed by atoms with E-state index in [0.717, 1.165) is 12.0 Å². The van der Waals surface area contributed by atoms with Crippen molar-refractivity contribution in [3.8, 4) is 0 Å². The molecule has 3 N–H and O–H groups in total. The third-order valence-electron chi connectivity index (χ3n) is 2.78. The van der Waals surface area contributed by atoms with Crippen LogP contribution in [0.5, 0.6) is 0 Å². The second kappa shape index (κ2) is 7.41. The van der Waals surface area contributed by atoms with Crippen LogP contribution in [0, 0.1) is 0 Å². The fourth-order valence-electron chi connectivity index (χ4n) is 1.62. The lowest BCUT2D eigenvalue weighted by molar-refractivity contribution is -0.134. The van der Waals surface area contributed by atoms with Crippen molar-refractivity contribution in [1.29, 1.82) is 0 Å². The number of nitrogens with one attached hydrogen (secondary N) is 1. The minimum absolute atomic E-state index is 0.0750. The predicted octanol–water partition coefficient (Wildman–Crippen LogP) is 0.796. The van der Waals surface area contributed by atoms with E-state index in [9.17, 15) is 9.59 Å². The molecule has 0 fully saturated rings. The maximum atomic E-state index is 12.0. The van der Waals surface area contributed by atoms with E-state index >= 15 is 0 Å². The van der Waals surface area contributed by atoms with Gasteiger partial charge in [-0.15, -0.1) is 0 Å². The zero-order valence-corrected chi connectivity index (χ0v) is 11.5. The Morgan fingerprint density at radius 3 is 2.63 bits per heavy atom. The van der Waals surface area contributed by atoms with Crippen LogP contribution >= 0.6 is 0 Å². The molecule has 0 atom stereocenters. The summed E-state index contributed by atoms with van der Waals surface area (Å²) in [6.07, 6.45) is 1.09. The van der Waals surface area contributed by atoms with Gasteiger partial charge in [0.15, 0.2) is 0 Å². The highest BCUT2D eigenvalue weighted by Gasteiger charge is 2.14. The molecule has 0 saturated carbocycles. The van der Waals surface area contributed by atoms with Gasteiger partial charge in [-0.1, -0.05) is 25.1 Å². The van der Waals surface area contributed by atoms with Gasteiger partial charge in [-0.05, 0) is 18.1 Å². The van der Waals surface area contributed by atoms with E-state index in [2.05, 4.69) is 5.32 Å². The minimum Gasteiger partial charge on any atom is -0.398 e. The Morgan fingerprint density at radius 1 is 1.32 bits per heavy atom. The number of nitrogens with two attached hydrogens (primary N) is 1. The van der Waals surface area contributed by atoms with Crippen LogP contribution in [0.15, 0.2) is 24.3 Å². The summed E-state index contributed by atoms with van der Waals surface area (Å²) in [5.74, 6) is -0.261. The van der Waals surface area contributed by atoms with Gasteiger partial charge in [0, 0.05) is 19.3 Å². The van der Waals surface area contributed by atoms with Crippen LogP contribution in [0.25, 0.3) is 0 Å². The van der Waals surface area contributed by atoms with E-state index in [1.54, 1.807) is 13.1 Å². The number of nitrogen functional groups attached to an aromatic ring is 1. The number of para-hydroxylation sites is 1. The monoisotopic (exact) mass is 263 g/mol. The third-order valence-corrected chi connectivity index (χ3v) is 2.78. The average Bonchev–Trinajstić information content (AvgIpc) is 2.38. The zero-order chi connectivity index (χ0) is 14.3. The zero-order valence-electron chi connectivity index (χ0n) is 11.5. The van der Waals surface area contributed by atoms with Crippen LogP contribution in [0.1, 0.15) is 18.9 Å². The molecule has 5 nitrogen and oxygen atoms in total. The van der Waals surface area contributed by atoms with Gasteiger partial charge >= 0.3 is 0 Å². The van der Waals surface area contributed by atoms with Crippen molar-refractivity contribution >= 4 is 17.5 Å². The molecule has 0 unspecified atom stereocenters. The Bertz CT molecular complexity index is 446. The number of carbonyl (C=O) groups is 2. The Balaban J connectivity index is 2.49. The van der Waals surface area contributed by atoms with Crippen molar-refractivity contribution in [2.45, 2.75) is 19.8 Å². The summed E-state index contributed by atoms with van der Waals surface area (Å²) in [5, 5.41) is 2.74. The van der Waals surface area contributed by atoms with Gasteiger partial charge in [0.2, 0.25) is 11.8 Å². The van der Waals surface area contributed by atoms with Crippen molar-refractivity contribution in [2.75, 3.05) is 25.9 Å². The first-order chi connectivity index (χ1) is 9.04. The number of hydrogen-bond donors (Lipinski definition) is 2. The summed E-state index contributed by atoms with van der Waals surface area (Å²) in [6, 6.07) is 7.24. The smallest absolute Gasteiger partial charge is 0.239 e. The van der Waals surface area contributed by atoms with Gasteiger partial charge in [-0.3, -0.25) is 9.59 Å². The Morgan fingerprint density at radius 2 is 2.00 bits per heavy atom. The molecule has 0 aliphatic rings. The highest BCUT2D eigenvalue weighted by molar-refractivity contribution is 5.86. The molecular formula is C14H21N3O2. The molecular weight excluding hydrogens is 242 g/mol. The van der Waals surface area contributed by atoms with Crippen molar-refractivity contribution in [3.63, 3.8) is 0 Å². The van der Waals surface area contributed by atoms with E-state index in [1.807, 2.05) is 25.1 Å².